The number of aliphatic carboxylic acids is 1. The van der Waals surface area contributed by atoms with Crippen LogP contribution in [0.4, 0.5) is 4.39 Å². The van der Waals surface area contributed by atoms with Gasteiger partial charge < -0.3 is 5.11 Å². The maximum atomic E-state index is 12.8. The van der Waals surface area contributed by atoms with Crippen LogP contribution < -0.4 is 5.48 Å². The number of halogens is 1. The molecule has 17 heavy (non-hydrogen) atoms. The Morgan fingerprint density at radius 2 is 2.24 bits per heavy atom. The van der Waals surface area contributed by atoms with E-state index in [-0.39, 0.29) is 0 Å². The van der Waals surface area contributed by atoms with Gasteiger partial charge in [0, 0.05) is 6.08 Å². The number of carbonyl (C=O) groups excluding carboxylic acids is 1. The molecule has 5 nitrogen and oxygen atoms in total. The first-order valence-electron chi connectivity index (χ1n) is 4.65. The third-order valence-corrected chi connectivity index (χ3v) is 1.64. The number of nitrogens with one attached hydrogen (secondary N) is 1. The fourth-order valence-electron chi connectivity index (χ4n) is 0.985. The number of hydrogen-bond acceptors (Lipinski definition) is 3. The lowest BCUT2D eigenvalue weighted by atomic mass is 10.2. The number of rotatable bonds is 5. The minimum Gasteiger partial charge on any atom is -0.479 e. The maximum absolute atomic E-state index is 12.8. The van der Waals surface area contributed by atoms with E-state index in [9.17, 15) is 14.0 Å². The van der Waals surface area contributed by atoms with Crippen LogP contribution in [0.3, 0.4) is 0 Å². The quantitative estimate of drug-likeness (QED) is 0.593. The third kappa shape index (κ3) is 5.43. The molecule has 0 spiro atoms. The lowest BCUT2D eigenvalue weighted by molar-refractivity contribution is -0.147. The van der Waals surface area contributed by atoms with Crippen molar-refractivity contribution in [1.82, 2.24) is 5.48 Å². The number of benzene rings is 1. The van der Waals surface area contributed by atoms with Gasteiger partial charge in [-0.2, -0.15) is 0 Å². The molecule has 0 aliphatic heterocycles. The first-order valence-corrected chi connectivity index (χ1v) is 4.65. The Kier molecular flexibility index (Phi) is 4.83. The minimum absolute atomic E-state index is 0.408. The fourth-order valence-corrected chi connectivity index (χ4v) is 0.985. The molecule has 90 valence electrons. The van der Waals surface area contributed by atoms with Crippen LogP contribution in [-0.2, 0) is 14.4 Å². The molecular weight excluding hydrogens is 229 g/mol. The highest BCUT2D eigenvalue weighted by molar-refractivity contribution is 5.91. The predicted molar refractivity (Wildman–Crippen MR) is 57.2 cm³/mol. The van der Waals surface area contributed by atoms with Gasteiger partial charge in [0.25, 0.3) is 5.91 Å². The largest absolute Gasteiger partial charge is 0.479 e. The van der Waals surface area contributed by atoms with Crippen LogP contribution >= 0.6 is 0 Å². The van der Waals surface area contributed by atoms with Crippen LogP contribution in [0.2, 0.25) is 0 Å². The van der Waals surface area contributed by atoms with Crippen LogP contribution in [-0.4, -0.2) is 23.6 Å². The van der Waals surface area contributed by atoms with Gasteiger partial charge in [-0.05, 0) is 23.8 Å². The summed E-state index contributed by atoms with van der Waals surface area (Å²) in [5.41, 5.74) is 2.41. The van der Waals surface area contributed by atoms with Gasteiger partial charge in [0.05, 0.1) is 0 Å². The van der Waals surface area contributed by atoms with Gasteiger partial charge in [-0.25, -0.2) is 14.7 Å². The first-order chi connectivity index (χ1) is 8.08. The molecule has 1 aromatic rings. The number of carboxylic acids is 1. The molecule has 1 amide bonds. The number of hydrogen-bond donors (Lipinski definition) is 2. The summed E-state index contributed by atoms with van der Waals surface area (Å²) in [6, 6.07) is 5.66. The highest BCUT2D eigenvalue weighted by Gasteiger charge is 1.99. The van der Waals surface area contributed by atoms with Gasteiger partial charge in [0.1, 0.15) is 5.82 Å². The van der Waals surface area contributed by atoms with Gasteiger partial charge in [-0.3, -0.25) is 9.63 Å². The van der Waals surface area contributed by atoms with E-state index < -0.39 is 24.3 Å². The molecule has 2 N–H and O–H groups in total. The summed E-state index contributed by atoms with van der Waals surface area (Å²) in [4.78, 5) is 25.5. The summed E-state index contributed by atoms with van der Waals surface area (Å²) >= 11 is 0. The molecule has 6 heteroatoms. The molecule has 0 aromatic heterocycles. The number of amides is 1. The van der Waals surface area contributed by atoms with Crippen LogP contribution in [0.1, 0.15) is 5.56 Å². The molecule has 0 bridgehead atoms. The standard InChI is InChI=1S/C11H10FNO4/c12-9-3-1-2-8(6-9)4-5-10(14)13-17-7-11(15)16/h1-6H,7H2,(H,13,14)(H,15,16). The average Bonchev–Trinajstić information content (AvgIpc) is 2.26. The topological polar surface area (TPSA) is 75.6 Å². The average molecular weight is 239 g/mol. The van der Waals surface area contributed by atoms with E-state index in [4.69, 9.17) is 5.11 Å². The van der Waals surface area contributed by atoms with Crippen LogP contribution in [0.25, 0.3) is 6.08 Å². The Labute approximate surface area is 96.5 Å². The molecule has 0 saturated heterocycles. The lowest BCUT2D eigenvalue weighted by Crippen LogP contribution is -2.24. The van der Waals surface area contributed by atoms with Gasteiger partial charge in [0.15, 0.2) is 6.61 Å². The third-order valence-electron chi connectivity index (χ3n) is 1.64. The smallest absolute Gasteiger partial charge is 0.332 e. The van der Waals surface area contributed by atoms with E-state index in [1.54, 1.807) is 6.07 Å². The van der Waals surface area contributed by atoms with Crippen molar-refractivity contribution in [2.24, 2.45) is 0 Å². The molecule has 1 rings (SSSR count). The van der Waals surface area contributed by atoms with E-state index in [1.165, 1.54) is 24.3 Å². The molecule has 0 radical (unpaired) electrons. The number of hydroxylamine groups is 1. The molecular formula is C11H10FNO4. The lowest BCUT2D eigenvalue weighted by Gasteiger charge is -1.99. The Hall–Kier alpha value is -2.21. The summed E-state index contributed by atoms with van der Waals surface area (Å²) in [6.45, 7) is -0.625. The Morgan fingerprint density at radius 3 is 2.88 bits per heavy atom. The Bertz CT molecular complexity index is 445. The first kappa shape index (κ1) is 12.9. The van der Waals surface area contributed by atoms with Gasteiger partial charge >= 0.3 is 5.97 Å². The SMILES string of the molecule is O=C(O)CONC(=O)C=Cc1cccc(F)c1. The molecule has 0 fully saturated rings. The van der Waals surface area contributed by atoms with Crippen molar-refractivity contribution in [3.63, 3.8) is 0 Å². The second-order valence-corrected chi connectivity index (χ2v) is 3.04. The zero-order valence-electron chi connectivity index (χ0n) is 8.72. The normalized spacial score (nSPS) is 10.4. The Balaban J connectivity index is 2.43. The Morgan fingerprint density at radius 1 is 1.47 bits per heavy atom. The van der Waals surface area contributed by atoms with E-state index in [1.807, 2.05) is 5.48 Å². The van der Waals surface area contributed by atoms with Crippen molar-refractivity contribution in [1.29, 1.82) is 0 Å². The zero-order chi connectivity index (χ0) is 12.7. The molecule has 1 aromatic carbocycles. The molecule has 0 saturated carbocycles. The summed E-state index contributed by atoms with van der Waals surface area (Å²) in [5.74, 6) is -2.23. The fraction of sp³-hybridized carbons (Fsp3) is 0.0909. The minimum atomic E-state index is -1.19. The van der Waals surface area contributed by atoms with E-state index >= 15 is 0 Å². The monoisotopic (exact) mass is 239 g/mol. The van der Waals surface area contributed by atoms with Crippen molar-refractivity contribution in [2.45, 2.75) is 0 Å². The van der Waals surface area contributed by atoms with Gasteiger partial charge in [-0.15, -0.1) is 0 Å². The summed E-state index contributed by atoms with van der Waals surface area (Å²) in [7, 11) is 0. The molecule has 0 aliphatic carbocycles. The second kappa shape index (κ2) is 6.39. The molecule has 0 atom stereocenters. The second-order valence-electron chi connectivity index (χ2n) is 3.04. The van der Waals surface area contributed by atoms with Crippen LogP contribution in [0.15, 0.2) is 30.3 Å². The predicted octanol–water partition coefficient (Wildman–Crippen LogP) is 0.971. The highest BCUT2D eigenvalue weighted by atomic mass is 19.1. The highest BCUT2D eigenvalue weighted by Crippen LogP contribution is 2.04. The molecule has 0 unspecified atom stereocenters. The van der Waals surface area contributed by atoms with Crippen LogP contribution in [0, 0.1) is 5.82 Å². The van der Waals surface area contributed by atoms with Crippen LogP contribution in [0.5, 0.6) is 0 Å². The molecule has 0 aliphatic rings. The summed E-state index contributed by atoms with van der Waals surface area (Å²) in [5, 5.41) is 8.23. The number of carboxylic acid groups (broad SMARTS) is 1. The summed E-state index contributed by atoms with van der Waals surface area (Å²) in [6.07, 6.45) is 2.49. The van der Waals surface area contributed by atoms with Crippen molar-refractivity contribution < 1.29 is 23.9 Å². The maximum Gasteiger partial charge on any atom is 0.332 e. The van der Waals surface area contributed by atoms with Crippen molar-refractivity contribution in [3.8, 4) is 0 Å². The van der Waals surface area contributed by atoms with E-state index in [0.29, 0.717) is 5.56 Å². The van der Waals surface area contributed by atoms with Crippen molar-refractivity contribution in [3.05, 3.63) is 41.7 Å². The molecule has 0 heterocycles. The van der Waals surface area contributed by atoms with E-state index in [0.717, 1.165) is 6.08 Å². The van der Waals surface area contributed by atoms with Crippen molar-refractivity contribution >= 4 is 18.0 Å². The number of carbonyl (C=O) groups is 2. The summed E-state index contributed by atoms with van der Waals surface area (Å²) < 4.78 is 12.8. The zero-order valence-corrected chi connectivity index (χ0v) is 8.72. The van der Waals surface area contributed by atoms with Gasteiger partial charge in [-0.1, -0.05) is 12.1 Å². The van der Waals surface area contributed by atoms with Crippen molar-refractivity contribution in [2.75, 3.05) is 6.61 Å². The van der Waals surface area contributed by atoms with E-state index in [2.05, 4.69) is 4.84 Å². The van der Waals surface area contributed by atoms with Gasteiger partial charge in [0.2, 0.25) is 0 Å².